The molecule has 1 aromatic carbocycles. The van der Waals surface area contributed by atoms with Crippen LogP contribution < -0.4 is 15.1 Å². The third-order valence-electron chi connectivity index (χ3n) is 3.95. The highest BCUT2D eigenvalue weighted by molar-refractivity contribution is 6.06. The van der Waals surface area contributed by atoms with Crippen molar-refractivity contribution in [1.82, 2.24) is 0 Å². The monoisotopic (exact) mass is 354 g/mol. The first-order valence-electron chi connectivity index (χ1n) is 8.48. The van der Waals surface area contributed by atoms with E-state index in [-0.39, 0.29) is 0 Å². The van der Waals surface area contributed by atoms with Gasteiger partial charge in [0.15, 0.2) is 11.2 Å². The molecule has 0 atom stereocenters. The largest absolute Gasteiger partial charge is 0.492 e. The molecule has 2 aromatic heterocycles. The van der Waals surface area contributed by atoms with Gasteiger partial charge in [-0.1, -0.05) is 11.1 Å². The van der Waals surface area contributed by atoms with E-state index < -0.39 is 5.63 Å². The fraction of sp³-hybridized carbons (Fsp3) is 0.286. The van der Waals surface area contributed by atoms with Gasteiger partial charge in [-0.25, -0.2) is 4.79 Å². The fourth-order valence-corrected chi connectivity index (χ4v) is 2.62. The first-order chi connectivity index (χ1) is 12.5. The number of fused-ring (bicyclic) bond motifs is 2. The van der Waals surface area contributed by atoms with Crippen molar-refractivity contribution in [3.63, 3.8) is 0 Å². The summed E-state index contributed by atoms with van der Waals surface area (Å²) < 4.78 is 22.9. The number of furan rings is 1. The molecule has 0 spiro atoms. The summed E-state index contributed by atoms with van der Waals surface area (Å²) in [6.45, 7) is 12.5. The summed E-state index contributed by atoms with van der Waals surface area (Å²) in [4.78, 5) is 11.8. The zero-order valence-electron chi connectivity index (χ0n) is 15.1. The first kappa shape index (κ1) is 17.9. The molecule has 0 unspecified atom stereocenters. The van der Waals surface area contributed by atoms with Gasteiger partial charge in [-0.2, -0.15) is 0 Å². The smallest absolute Gasteiger partial charge is 0.336 e. The van der Waals surface area contributed by atoms with Gasteiger partial charge in [-0.05, 0) is 26.0 Å². The number of benzene rings is 1. The maximum atomic E-state index is 11.8. The van der Waals surface area contributed by atoms with Gasteiger partial charge in [0.05, 0.1) is 30.2 Å². The van der Waals surface area contributed by atoms with Gasteiger partial charge in [0.2, 0.25) is 5.75 Å². The summed E-state index contributed by atoms with van der Waals surface area (Å²) in [5.41, 5.74) is 2.40. The predicted octanol–water partition coefficient (Wildman–Crippen LogP) is 5.23. The topological polar surface area (TPSA) is 61.8 Å². The maximum Gasteiger partial charge on any atom is 0.336 e. The summed E-state index contributed by atoms with van der Waals surface area (Å²) >= 11 is 0. The Morgan fingerprint density at radius 1 is 0.923 bits per heavy atom. The van der Waals surface area contributed by atoms with Crippen molar-refractivity contribution in [2.75, 3.05) is 13.2 Å². The van der Waals surface area contributed by atoms with Crippen LogP contribution in [0.25, 0.3) is 21.9 Å². The first-order valence-corrected chi connectivity index (χ1v) is 8.48. The Bertz CT molecular complexity index is 1020. The number of hydrogen-bond donors (Lipinski definition) is 0. The number of rotatable bonds is 8. The van der Waals surface area contributed by atoms with E-state index in [9.17, 15) is 4.79 Å². The SMILES string of the molecule is C=C(C)CCOc1c2ccoc2c(OCCC(=C)C)c2oc(=O)ccc12. The Balaban J connectivity index is 2.12. The van der Waals surface area contributed by atoms with Gasteiger partial charge in [0.25, 0.3) is 0 Å². The van der Waals surface area contributed by atoms with Crippen LogP contribution in [0.15, 0.2) is 62.4 Å². The average Bonchev–Trinajstić information content (AvgIpc) is 3.05. The van der Waals surface area contributed by atoms with E-state index in [1.807, 2.05) is 19.9 Å². The fourth-order valence-electron chi connectivity index (χ4n) is 2.62. The second-order valence-corrected chi connectivity index (χ2v) is 6.43. The van der Waals surface area contributed by atoms with Crippen LogP contribution in [-0.4, -0.2) is 13.2 Å². The average molecular weight is 354 g/mol. The Kier molecular flexibility index (Phi) is 5.16. The van der Waals surface area contributed by atoms with E-state index in [0.29, 0.717) is 47.7 Å². The summed E-state index contributed by atoms with van der Waals surface area (Å²) in [6, 6.07) is 4.88. The molecular formula is C21H22O5. The van der Waals surface area contributed by atoms with Crippen LogP contribution in [0, 0.1) is 0 Å². The van der Waals surface area contributed by atoms with Crippen molar-refractivity contribution < 1.29 is 18.3 Å². The third kappa shape index (κ3) is 3.67. The highest BCUT2D eigenvalue weighted by Gasteiger charge is 2.21. The zero-order valence-corrected chi connectivity index (χ0v) is 15.1. The van der Waals surface area contributed by atoms with Crippen LogP contribution in [0.4, 0.5) is 0 Å². The van der Waals surface area contributed by atoms with Gasteiger partial charge < -0.3 is 18.3 Å². The molecule has 0 radical (unpaired) electrons. The molecule has 0 aliphatic heterocycles. The van der Waals surface area contributed by atoms with Crippen LogP contribution in [-0.2, 0) is 0 Å². The molecule has 0 N–H and O–H groups in total. The third-order valence-corrected chi connectivity index (χ3v) is 3.95. The van der Waals surface area contributed by atoms with Gasteiger partial charge in [-0.3, -0.25) is 0 Å². The summed E-state index contributed by atoms with van der Waals surface area (Å²) in [5.74, 6) is 1.02. The lowest BCUT2D eigenvalue weighted by Crippen LogP contribution is -2.04. The van der Waals surface area contributed by atoms with Crippen LogP contribution >= 0.6 is 0 Å². The molecule has 5 heteroatoms. The molecule has 0 aliphatic carbocycles. The van der Waals surface area contributed by atoms with Gasteiger partial charge in [0, 0.05) is 18.9 Å². The van der Waals surface area contributed by atoms with E-state index >= 15 is 0 Å². The molecular weight excluding hydrogens is 332 g/mol. The molecule has 0 amide bonds. The van der Waals surface area contributed by atoms with Crippen LogP contribution in [0.3, 0.4) is 0 Å². The molecule has 0 saturated heterocycles. The van der Waals surface area contributed by atoms with Crippen molar-refractivity contribution in [1.29, 1.82) is 0 Å². The van der Waals surface area contributed by atoms with Crippen LogP contribution in [0.5, 0.6) is 11.5 Å². The van der Waals surface area contributed by atoms with Crippen molar-refractivity contribution in [3.8, 4) is 11.5 Å². The Morgan fingerprint density at radius 2 is 1.54 bits per heavy atom. The predicted molar refractivity (Wildman–Crippen MR) is 102 cm³/mol. The quantitative estimate of drug-likeness (QED) is 0.409. The Hall–Kier alpha value is -2.95. The van der Waals surface area contributed by atoms with Gasteiger partial charge >= 0.3 is 5.63 Å². The lowest BCUT2D eigenvalue weighted by Gasteiger charge is -2.14. The van der Waals surface area contributed by atoms with E-state index in [4.69, 9.17) is 18.3 Å². The van der Waals surface area contributed by atoms with Crippen LogP contribution in [0.1, 0.15) is 26.7 Å². The van der Waals surface area contributed by atoms with Gasteiger partial charge in [-0.15, -0.1) is 13.2 Å². The molecule has 26 heavy (non-hydrogen) atoms. The molecule has 0 aliphatic rings. The van der Waals surface area contributed by atoms with Crippen molar-refractivity contribution >= 4 is 21.9 Å². The molecule has 2 heterocycles. The lowest BCUT2D eigenvalue weighted by molar-refractivity contribution is 0.314. The van der Waals surface area contributed by atoms with Crippen molar-refractivity contribution in [2.24, 2.45) is 0 Å². The standard InChI is InChI=1S/C21H22O5/c1-13(2)7-10-23-18-15-5-6-17(22)26-20(15)21(25-11-8-14(3)4)19-16(18)9-12-24-19/h5-6,9,12H,1,3,7-8,10-11H2,2,4H3. The summed E-state index contributed by atoms with van der Waals surface area (Å²) in [5, 5.41) is 1.45. The number of hydrogen-bond acceptors (Lipinski definition) is 5. The van der Waals surface area contributed by atoms with E-state index in [0.717, 1.165) is 23.0 Å². The normalized spacial score (nSPS) is 11.0. The van der Waals surface area contributed by atoms with Crippen LogP contribution in [0.2, 0.25) is 0 Å². The highest BCUT2D eigenvalue weighted by Crippen LogP contribution is 2.43. The summed E-state index contributed by atoms with van der Waals surface area (Å²) in [6.07, 6.45) is 2.99. The zero-order chi connectivity index (χ0) is 18.7. The minimum atomic E-state index is -0.457. The Morgan fingerprint density at radius 3 is 2.19 bits per heavy atom. The molecule has 3 aromatic rings. The number of ether oxygens (including phenoxy) is 2. The van der Waals surface area contributed by atoms with Crippen molar-refractivity contribution in [2.45, 2.75) is 26.7 Å². The molecule has 0 fully saturated rings. The Labute approximate surface area is 151 Å². The van der Waals surface area contributed by atoms with Gasteiger partial charge in [0.1, 0.15) is 5.75 Å². The second-order valence-electron chi connectivity index (χ2n) is 6.43. The molecule has 5 nitrogen and oxygen atoms in total. The van der Waals surface area contributed by atoms with E-state index in [1.54, 1.807) is 12.3 Å². The van der Waals surface area contributed by atoms with E-state index in [1.165, 1.54) is 6.07 Å². The van der Waals surface area contributed by atoms with Crippen molar-refractivity contribution in [3.05, 3.63) is 59.2 Å². The second kappa shape index (κ2) is 7.52. The lowest BCUT2D eigenvalue weighted by atomic mass is 10.1. The molecule has 0 saturated carbocycles. The highest BCUT2D eigenvalue weighted by atomic mass is 16.5. The maximum absolute atomic E-state index is 11.8. The molecule has 136 valence electrons. The van der Waals surface area contributed by atoms with E-state index in [2.05, 4.69) is 13.2 Å². The minimum Gasteiger partial charge on any atom is -0.492 e. The molecule has 0 bridgehead atoms. The molecule has 3 rings (SSSR count). The summed E-state index contributed by atoms with van der Waals surface area (Å²) in [7, 11) is 0. The minimum absolute atomic E-state index is 0.326.